The maximum Gasteiger partial charge on any atom is 0.198 e. The number of rotatable bonds is 6. The summed E-state index contributed by atoms with van der Waals surface area (Å²) in [5, 5.41) is 0. The Bertz CT molecular complexity index is 1030. The van der Waals surface area contributed by atoms with Crippen LogP contribution in [-0.2, 0) is 0 Å². The lowest BCUT2D eigenvalue weighted by atomic mass is 9.82. The van der Waals surface area contributed by atoms with Crippen LogP contribution in [0.3, 0.4) is 0 Å². The molecule has 0 heterocycles. The van der Waals surface area contributed by atoms with E-state index in [-0.39, 0.29) is 11.6 Å². The number of ketones is 2. The average Bonchev–Trinajstić information content (AvgIpc) is 2.61. The Morgan fingerprint density at radius 3 is 1.03 bits per heavy atom. The van der Waals surface area contributed by atoms with Gasteiger partial charge in [0.05, 0.1) is 11.1 Å². The topological polar surface area (TPSA) is 40.6 Å². The first kappa shape index (κ1) is 26.8. The molecular formula is C26H42N2O2Si4. The number of carbonyl (C=O) groups is 2. The summed E-state index contributed by atoms with van der Waals surface area (Å²) in [7, 11) is -7.30. The molecule has 1 aliphatic carbocycles. The largest absolute Gasteiger partial charge is 0.424 e. The van der Waals surface area contributed by atoms with Gasteiger partial charge in [-0.15, -0.1) is 0 Å². The van der Waals surface area contributed by atoms with Gasteiger partial charge < -0.3 is 8.46 Å². The van der Waals surface area contributed by atoms with Gasteiger partial charge in [-0.05, 0) is 12.1 Å². The van der Waals surface area contributed by atoms with Crippen molar-refractivity contribution in [2.24, 2.45) is 0 Å². The molecule has 2 aromatic carbocycles. The van der Waals surface area contributed by atoms with Crippen LogP contribution in [0.1, 0.15) is 31.8 Å². The monoisotopic (exact) mass is 526 g/mol. The van der Waals surface area contributed by atoms with Crippen molar-refractivity contribution in [2.75, 3.05) is 8.46 Å². The fourth-order valence-corrected chi connectivity index (χ4v) is 25.8. The minimum atomic E-state index is -1.83. The van der Waals surface area contributed by atoms with Crippen molar-refractivity contribution in [2.45, 2.75) is 78.6 Å². The van der Waals surface area contributed by atoms with Crippen molar-refractivity contribution in [1.29, 1.82) is 0 Å². The van der Waals surface area contributed by atoms with E-state index in [0.29, 0.717) is 22.3 Å². The van der Waals surface area contributed by atoms with Gasteiger partial charge in [0.15, 0.2) is 11.6 Å². The molecule has 0 radical (unpaired) electrons. The zero-order valence-electron chi connectivity index (χ0n) is 23.2. The Balaban J connectivity index is 2.38. The summed E-state index contributed by atoms with van der Waals surface area (Å²) in [4.78, 5) is 28.3. The lowest BCUT2D eigenvalue weighted by Crippen LogP contribution is -2.60. The molecule has 0 saturated heterocycles. The van der Waals surface area contributed by atoms with Gasteiger partial charge in [0.2, 0.25) is 0 Å². The lowest BCUT2D eigenvalue weighted by Gasteiger charge is -2.48. The summed E-state index contributed by atoms with van der Waals surface area (Å²) in [6.07, 6.45) is 0. The van der Waals surface area contributed by atoms with Gasteiger partial charge >= 0.3 is 0 Å². The maximum absolute atomic E-state index is 14.5. The van der Waals surface area contributed by atoms with Gasteiger partial charge in [0.1, 0.15) is 32.9 Å². The first-order valence-electron chi connectivity index (χ1n) is 12.2. The highest BCUT2D eigenvalue weighted by Gasteiger charge is 2.43. The molecule has 3 rings (SSSR count). The average molecular weight is 527 g/mol. The first-order valence-corrected chi connectivity index (χ1v) is 26.0. The second kappa shape index (κ2) is 8.43. The van der Waals surface area contributed by atoms with Gasteiger partial charge in [-0.25, -0.2) is 0 Å². The van der Waals surface area contributed by atoms with Gasteiger partial charge in [-0.2, -0.15) is 0 Å². The Morgan fingerprint density at radius 2 is 0.765 bits per heavy atom. The van der Waals surface area contributed by atoms with E-state index >= 15 is 0 Å². The van der Waals surface area contributed by atoms with E-state index in [0.717, 1.165) is 11.4 Å². The number of nitrogens with zero attached hydrogens (tertiary/aromatic N) is 2. The summed E-state index contributed by atoms with van der Waals surface area (Å²) in [6.45, 7) is 28.0. The van der Waals surface area contributed by atoms with Crippen molar-refractivity contribution in [1.82, 2.24) is 0 Å². The molecule has 0 atom stereocenters. The molecule has 1 aliphatic rings. The summed E-state index contributed by atoms with van der Waals surface area (Å²) >= 11 is 0. The Morgan fingerprint density at radius 1 is 0.471 bits per heavy atom. The standard InChI is InChI=1S/C26H42N2O2Si4/c1-31(2,3)27(32(4,5)6)21-17-13-15-19-23(21)26(30)24-20(25(19)29)16-14-18-22(24)28(33(7,8)9)34(10,11)12/h13-18H,1-12H3. The van der Waals surface area contributed by atoms with E-state index in [1.54, 1.807) is 0 Å². The van der Waals surface area contributed by atoms with Gasteiger partial charge in [0.25, 0.3) is 0 Å². The molecule has 0 saturated carbocycles. The predicted octanol–water partition coefficient (Wildman–Crippen LogP) is 7.41. The number of fused-ring (bicyclic) bond motifs is 2. The third-order valence-electron chi connectivity index (χ3n) is 6.19. The molecule has 0 fully saturated rings. The molecule has 0 amide bonds. The smallest absolute Gasteiger partial charge is 0.198 e. The van der Waals surface area contributed by atoms with Crippen LogP contribution in [0.25, 0.3) is 0 Å². The second-order valence-corrected chi connectivity index (χ2v) is 33.5. The van der Waals surface area contributed by atoms with Crippen LogP contribution < -0.4 is 8.46 Å². The molecule has 8 heteroatoms. The van der Waals surface area contributed by atoms with Crippen LogP contribution in [0.5, 0.6) is 0 Å². The number of hydrogen-bond donors (Lipinski definition) is 0. The van der Waals surface area contributed by atoms with E-state index in [4.69, 9.17) is 0 Å². The fraction of sp³-hybridized carbons (Fsp3) is 0.462. The molecule has 0 aromatic heterocycles. The van der Waals surface area contributed by atoms with E-state index in [9.17, 15) is 9.59 Å². The zero-order valence-corrected chi connectivity index (χ0v) is 27.2. The highest BCUT2D eigenvalue weighted by atomic mass is 28.4. The minimum absolute atomic E-state index is 0.0128. The van der Waals surface area contributed by atoms with Gasteiger partial charge in [0, 0.05) is 22.5 Å². The predicted molar refractivity (Wildman–Crippen MR) is 158 cm³/mol. The Kier molecular flexibility index (Phi) is 6.65. The molecule has 34 heavy (non-hydrogen) atoms. The van der Waals surface area contributed by atoms with Crippen LogP contribution in [-0.4, -0.2) is 44.5 Å². The molecular weight excluding hydrogens is 485 g/mol. The van der Waals surface area contributed by atoms with E-state index in [1.165, 1.54) is 0 Å². The van der Waals surface area contributed by atoms with Crippen LogP contribution in [0.2, 0.25) is 78.6 Å². The van der Waals surface area contributed by atoms with Crippen LogP contribution in [0.4, 0.5) is 11.4 Å². The molecule has 0 bridgehead atoms. The number of carbonyl (C=O) groups excluding carboxylic acids is 2. The van der Waals surface area contributed by atoms with E-state index in [1.807, 2.05) is 24.3 Å². The molecule has 0 N–H and O–H groups in total. The summed E-state index contributed by atoms with van der Waals surface area (Å²) in [5.41, 5.74) is 4.26. The number of benzene rings is 2. The third-order valence-corrected chi connectivity index (χ3v) is 20.6. The van der Waals surface area contributed by atoms with Crippen LogP contribution in [0.15, 0.2) is 36.4 Å². The zero-order chi connectivity index (χ0) is 26.0. The van der Waals surface area contributed by atoms with E-state index < -0.39 is 32.9 Å². The molecule has 4 nitrogen and oxygen atoms in total. The highest BCUT2D eigenvalue weighted by molar-refractivity contribution is 7.00. The Labute approximate surface area is 210 Å². The van der Waals surface area contributed by atoms with E-state index in [2.05, 4.69) is 99.2 Å². The molecule has 184 valence electrons. The fourth-order valence-electron chi connectivity index (χ4n) is 6.04. The molecule has 2 aromatic rings. The molecule has 0 aliphatic heterocycles. The molecule has 0 spiro atoms. The summed E-state index contributed by atoms with van der Waals surface area (Å²) < 4.78 is 5.12. The van der Waals surface area contributed by atoms with Crippen LogP contribution in [0, 0.1) is 0 Å². The quantitative estimate of drug-likeness (QED) is 0.313. The first-order chi connectivity index (χ1) is 15.3. The van der Waals surface area contributed by atoms with Crippen molar-refractivity contribution in [3.63, 3.8) is 0 Å². The summed E-state index contributed by atoms with van der Waals surface area (Å²) in [5.74, 6) is -0.00990. The van der Waals surface area contributed by atoms with Crippen molar-refractivity contribution in [3.05, 3.63) is 58.7 Å². The third kappa shape index (κ3) is 4.69. The summed E-state index contributed by atoms with van der Waals surface area (Å²) in [6, 6.07) is 11.7. The maximum atomic E-state index is 14.5. The van der Waals surface area contributed by atoms with Crippen molar-refractivity contribution in [3.8, 4) is 0 Å². The van der Waals surface area contributed by atoms with Crippen LogP contribution >= 0.6 is 0 Å². The van der Waals surface area contributed by atoms with Crippen molar-refractivity contribution >= 4 is 55.9 Å². The Hall–Kier alpha value is -1.75. The minimum Gasteiger partial charge on any atom is -0.424 e. The van der Waals surface area contributed by atoms with Gasteiger partial charge in [-0.1, -0.05) is 103 Å². The van der Waals surface area contributed by atoms with Gasteiger partial charge in [-0.3, -0.25) is 9.59 Å². The normalized spacial score (nSPS) is 14.6. The lowest BCUT2D eigenvalue weighted by molar-refractivity contribution is 0.0980. The number of hydrogen-bond acceptors (Lipinski definition) is 4. The number of anilines is 2. The highest BCUT2D eigenvalue weighted by Crippen LogP contribution is 2.42. The second-order valence-electron chi connectivity index (χ2n) is 13.4. The van der Waals surface area contributed by atoms with Crippen molar-refractivity contribution < 1.29 is 9.59 Å². The molecule has 0 unspecified atom stereocenters. The SMILES string of the molecule is C[Si](C)(C)N(c1cccc2c1C(=O)c1c(cccc1N([Si](C)(C)C)[Si](C)(C)C)C2=O)[Si](C)(C)C.